The first kappa shape index (κ1) is 21.1. The van der Waals surface area contributed by atoms with E-state index in [1.165, 1.54) is 0 Å². The van der Waals surface area contributed by atoms with Gasteiger partial charge < -0.3 is 18.6 Å². The van der Waals surface area contributed by atoms with E-state index in [0.717, 1.165) is 17.7 Å². The van der Waals surface area contributed by atoms with Crippen LogP contribution in [0.4, 0.5) is 0 Å². The van der Waals surface area contributed by atoms with Crippen LogP contribution in [0.2, 0.25) is 0 Å². The third-order valence-electron chi connectivity index (χ3n) is 3.70. The fourth-order valence-electron chi connectivity index (χ4n) is 2.25. The third kappa shape index (κ3) is 7.48. The molecule has 7 nitrogen and oxygen atoms in total. The van der Waals surface area contributed by atoms with Crippen molar-refractivity contribution in [2.75, 3.05) is 33.0 Å². The average Bonchev–Trinajstić information content (AvgIpc) is 3.15. The molecule has 1 heterocycles. The maximum absolute atomic E-state index is 11.3. The van der Waals surface area contributed by atoms with Gasteiger partial charge in [-0.3, -0.25) is 4.79 Å². The van der Waals surface area contributed by atoms with Gasteiger partial charge in [-0.1, -0.05) is 20.8 Å². The predicted molar refractivity (Wildman–Crippen MR) is 101 cm³/mol. The van der Waals surface area contributed by atoms with Crippen molar-refractivity contribution in [2.24, 2.45) is 0 Å². The lowest BCUT2D eigenvalue weighted by atomic mass is 10.2. The minimum absolute atomic E-state index is 0.130. The molecule has 0 saturated carbocycles. The van der Waals surface area contributed by atoms with Crippen LogP contribution in [0, 0.1) is 0 Å². The molecule has 2 rings (SSSR count). The minimum Gasteiger partial charge on any atom is -0.491 e. The Hall–Kier alpha value is -2.25. The molecule has 148 valence electrons. The second kappa shape index (κ2) is 11.5. The molecule has 0 fully saturated rings. The lowest BCUT2D eigenvalue weighted by molar-refractivity contribution is -0.124. The molecular weight excluding hydrogens is 348 g/mol. The highest BCUT2D eigenvalue weighted by Gasteiger charge is 2.11. The molecule has 27 heavy (non-hydrogen) atoms. The number of hydrogen-bond acceptors (Lipinski definition) is 7. The average molecular weight is 376 g/mol. The number of ketones is 1. The van der Waals surface area contributed by atoms with E-state index in [1.807, 2.05) is 45.0 Å². The van der Waals surface area contributed by atoms with Crippen molar-refractivity contribution in [3.8, 4) is 17.2 Å². The molecule has 0 aliphatic rings. The molecule has 0 amide bonds. The summed E-state index contributed by atoms with van der Waals surface area (Å²) in [6.07, 6.45) is 1.42. The molecule has 0 atom stereocenters. The van der Waals surface area contributed by atoms with Crippen molar-refractivity contribution in [1.29, 1.82) is 0 Å². The molecule has 0 aliphatic carbocycles. The van der Waals surface area contributed by atoms with Crippen molar-refractivity contribution >= 4 is 5.78 Å². The second-order valence-electron chi connectivity index (χ2n) is 6.43. The molecule has 0 N–H and O–H groups in total. The summed E-state index contributed by atoms with van der Waals surface area (Å²) >= 11 is 0. The Morgan fingerprint density at radius 1 is 1.04 bits per heavy atom. The highest BCUT2D eigenvalue weighted by Crippen LogP contribution is 2.23. The molecule has 0 radical (unpaired) electrons. The molecule has 0 unspecified atom stereocenters. The van der Waals surface area contributed by atoms with Crippen LogP contribution in [0.15, 0.2) is 28.7 Å². The summed E-state index contributed by atoms with van der Waals surface area (Å²) < 4.78 is 21.9. The maximum Gasteiger partial charge on any atom is 0.247 e. The lowest BCUT2D eigenvalue weighted by Gasteiger charge is -2.08. The Kier molecular flexibility index (Phi) is 8.94. The summed E-state index contributed by atoms with van der Waals surface area (Å²) in [5.74, 6) is 2.21. The first-order chi connectivity index (χ1) is 13.1. The van der Waals surface area contributed by atoms with Gasteiger partial charge >= 0.3 is 0 Å². The summed E-state index contributed by atoms with van der Waals surface area (Å²) in [4.78, 5) is 11.3. The van der Waals surface area contributed by atoms with Crippen molar-refractivity contribution in [1.82, 2.24) is 10.2 Å². The number of carbonyl (C=O) groups is 1. The van der Waals surface area contributed by atoms with E-state index in [9.17, 15) is 4.79 Å². The molecule has 0 spiro atoms. The SMILES string of the molecule is CCCC(=O)COCCOCCOc1ccc(-c2nnc(C(C)C)o2)cc1. The van der Waals surface area contributed by atoms with Gasteiger partial charge in [-0.05, 0) is 30.7 Å². The highest BCUT2D eigenvalue weighted by atomic mass is 16.5. The number of rotatable bonds is 13. The first-order valence-electron chi connectivity index (χ1n) is 9.34. The van der Waals surface area contributed by atoms with E-state index < -0.39 is 0 Å². The van der Waals surface area contributed by atoms with Crippen LogP contribution in [0.1, 0.15) is 45.4 Å². The van der Waals surface area contributed by atoms with Crippen molar-refractivity contribution in [3.05, 3.63) is 30.2 Å². The molecular formula is C20H28N2O5. The summed E-state index contributed by atoms with van der Waals surface area (Å²) in [6.45, 7) is 7.90. The van der Waals surface area contributed by atoms with Crippen LogP contribution in [-0.4, -0.2) is 49.0 Å². The molecule has 0 bridgehead atoms. The monoisotopic (exact) mass is 376 g/mol. The van der Waals surface area contributed by atoms with Crippen LogP contribution in [0.3, 0.4) is 0 Å². The van der Waals surface area contributed by atoms with E-state index in [4.69, 9.17) is 18.6 Å². The van der Waals surface area contributed by atoms with Crippen LogP contribution in [0.25, 0.3) is 11.5 Å². The zero-order valence-electron chi connectivity index (χ0n) is 16.3. The predicted octanol–water partition coefficient (Wildman–Crippen LogP) is 3.64. The molecule has 7 heteroatoms. The van der Waals surface area contributed by atoms with Gasteiger partial charge in [0.1, 0.15) is 19.0 Å². The van der Waals surface area contributed by atoms with E-state index in [0.29, 0.717) is 44.6 Å². The number of ether oxygens (including phenoxy) is 3. The van der Waals surface area contributed by atoms with Crippen LogP contribution >= 0.6 is 0 Å². The van der Waals surface area contributed by atoms with Crippen LogP contribution < -0.4 is 4.74 Å². The molecule has 1 aromatic heterocycles. The number of nitrogens with zero attached hydrogens (tertiary/aromatic N) is 2. The van der Waals surface area contributed by atoms with Crippen molar-refractivity contribution in [3.63, 3.8) is 0 Å². The van der Waals surface area contributed by atoms with Gasteiger partial charge in [-0.2, -0.15) is 0 Å². The smallest absolute Gasteiger partial charge is 0.247 e. The molecule has 2 aromatic rings. The standard InChI is InChI=1S/C20H28N2O5/c1-4-5-17(23)14-25-11-10-24-12-13-26-18-8-6-16(7-9-18)20-22-21-19(27-20)15(2)3/h6-9,15H,4-5,10-14H2,1-3H3. The Bertz CT molecular complexity index is 682. The second-order valence-corrected chi connectivity index (χ2v) is 6.43. The number of carbonyl (C=O) groups excluding carboxylic acids is 1. The van der Waals surface area contributed by atoms with Gasteiger partial charge in [0.25, 0.3) is 0 Å². The van der Waals surface area contributed by atoms with E-state index >= 15 is 0 Å². The fourth-order valence-corrected chi connectivity index (χ4v) is 2.25. The van der Waals surface area contributed by atoms with Gasteiger partial charge in [0, 0.05) is 17.9 Å². The summed E-state index contributed by atoms with van der Waals surface area (Å²) in [5, 5.41) is 8.09. The first-order valence-corrected chi connectivity index (χ1v) is 9.34. The lowest BCUT2D eigenvalue weighted by Crippen LogP contribution is -2.14. The Balaban J connectivity index is 1.61. The minimum atomic E-state index is 0.130. The third-order valence-corrected chi connectivity index (χ3v) is 3.70. The Labute approximate surface area is 160 Å². The summed E-state index contributed by atoms with van der Waals surface area (Å²) in [7, 11) is 0. The molecule has 0 saturated heterocycles. The number of Topliss-reactive ketones (excluding diaryl/α,β-unsaturated/α-hetero) is 1. The zero-order chi connectivity index (χ0) is 19.5. The van der Waals surface area contributed by atoms with E-state index in [1.54, 1.807) is 0 Å². The molecule has 1 aromatic carbocycles. The van der Waals surface area contributed by atoms with Gasteiger partial charge in [0.2, 0.25) is 11.8 Å². The topological polar surface area (TPSA) is 83.7 Å². The van der Waals surface area contributed by atoms with Crippen LogP contribution in [0.5, 0.6) is 5.75 Å². The van der Waals surface area contributed by atoms with Gasteiger partial charge in [0.15, 0.2) is 5.78 Å². The van der Waals surface area contributed by atoms with E-state index in [-0.39, 0.29) is 18.3 Å². The summed E-state index contributed by atoms with van der Waals surface area (Å²) in [6, 6.07) is 7.48. The maximum atomic E-state index is 11.3. The van der Waals surface area contributed by atoms with Gasteiger partial charge in [-0.25, -0.2) is 0 Å². The Morgan fingerprint density at radius 2 is 1.74 bits per heavy atom. The van der Waals surface area contributed by atoms with Gasteiger partial charge in [-0.15, -0.1) is 10.2 Å². The highest BCUT2D eigenvalue weighted by molar-refractivity contribution is 5.79. The van der Waals surface area contributed by atoms with Crippen LogP contribution in [-0.2, 0) is 14.3 Å². The largest absolute Gasteiger partial charge is 0.491 e. The molecule has 0 aliphatic heterocycles. The zero-order valence-corrected chi connectivity index (χ0v) is 16.3. The van der Waals surface area contributed by atoms with Gasteiger partial charge in [0.05, 0.1) is 19.8 Å². The normalized spacial score (nSPS) is 11.1. The van der Waals surface area contributed by atoms with Crippen molar-refractivity contribution < 1.29 is 23.4 Å². The van der Waals surface area contributed by atoms with Crippen molar-refractivity contribution in [2.45, 2.75) is 39.5 Å². The number of aromatic nitrogens is 2. The summed E-state index contributed by atoms with van der Waals surface area (Å²) in [5.41, 5.74) is 0.854. The quantitative estimate of drug-likeness (QED) is 0.493. The number of benzene rings is 1. The number of hydrogen-bond donors (Lipinski definition) is 0. The fraction of sp³-hybridized carbons (Fsp3) is 0.550. The Morgan fingerprint density at radius 3 is 2.41 bits per heavy atom. The van der Waals surface area contributed by atoms with E-state index in [2.05, 4.69) is 10.2 Å².